The van der Waals surface area contributed by atoms with Crippen LogP contribution in [0.1, 0.15) is 47.5 Å². The molecule has 2 nitrogen and oxygen atoms in total. The van der Waals surface area contributed by atoms with E-state index in [1.807, 2.05) is 5.06 Å². The molecule has 0 bridgehead atoms. The van der Waals surface area contributed by atoms with E-state index < -0.39 is 0 Å². The molecule has 0 atom stereocenters. The number of nitrogens with zero attached hydrogens (tertiary/aromatic N) is 1. The normalized spacial score (nSPS) is 12.0. The summed E-state index contributed by atoms with van der Waals surface area (Å²) >= 11 is 0. The lowest BCUT2D eigenvalue weighted by molar-refractivity contribution is -0.141. The van der Waals surface area contributed by atoms with Crippen LogP contribution in [0.15, 0.2) is 23.3 Å². The van der Waals surface area contributed by atoms with Crippen LogP contribution in [-0.4, -0.2) is 24.8 Å². The number of allylic oxidation sites excluding steroid dienone is 3. The summed E-state index contributed by atoms with van der Waals surface area (Å²) in [6, 6.07) is 0. The molecule has 0 spiro atoms. The zero-order valence-electron chi connectivity index (χ0n) is 11.5. The first-order chi connectivity index (χ1) is 7.60. The van der Waals surface area contributed by atoms with Gasteiger partial charge in [-0.3, -0.25) is 4.84 Å². The summed E-state index contributed by atoms with van der Waals surface area (Å²) in [5, 5.41) is 1.97. The van der Waals surface area contributed by atoms with E-state index in [-0.39, 0.29) is 0 Å². The minimum Gasteiger partial charge on any atom is -0.295 e. The Bertz CT molecular complexity index is 223. The van der Waals surface area contributed by atoms with Crippen LogP contribution in [0.2, 0.25) is 0 Å². The molecule has 0 fully saturated rings. The van der Waals surface area contributed by atoms with Crippen molar-refractivity contribution in [1.29, 1.82) is 0 Å². The van der Waals surface area contributed by atoms with Gasteiger partial charge in [0.25, 0.3) is 0 Å². The highest BCUT2D eigenvalue weighted by Crippen LogP contribution is 2.06. The van der Waals surface area contributed by atoms with Crippen LogP contribution in [-0.2, 0) is 4.84 Å². The molecule has 0 saturated heterocycles. The molecule has 0 aromatic heterocycles. The van der Waals surface area contributed by atoms with Crippen molar-refractivity contribution in [3.63, 3.8) is 0 Å². The fourth-order valence-electron chi connectivity index (χ4n) is 1.38. The van der Waals surface area contributed by atoms with Gasteiger partial charge in [-0.15, -0.1) is 0 Å². The number of hydrogen-bond acceptors (Lipinski definition) is 2. The molecule has 0 radical (unpaired) electrons. The molecule has 0 amide bonds. The van der Waals surface area contributed by atoms with Gasteiger partial charge in [0.15, 0.2) is 0 Å². The molecule has 0 N–H and O–H groups in total. The van der Waals surface area contributed by atoms with Gasteiger partial charge in [-0.25, -0.2) is 0 Å². The lowest BCUT2D eigenvalue weighted by Gasteiger charge is -2.16. The second-order valence-electron chi connectivity index (χ2n) is 4.28. The molecule has 0 aromatic carbocycles. The largest absolute Gasteiger partial charge is 0.295 e. The van der Waals surface area contributed by atoms with Gasteiger partial charge in [-0.05, 0) is 33.6 Å². The molecule has 0 aliphatic carbocycles. The van der Waals surface area contributed by atoms with E-state index in [0.29, 0.717) is 6.61 Å². The van der Waals surface area contributed by atoms with Gasteiger partial charge < -0.3 is 0 Å². The van der Waals surface area contributed by atoms with Crippen LogP contribution < -0.4 is 0 Å². The molecule has 0 heterocycles. The van der Waals surface area contributed by atoms with Gasteiger partial charge in [0.05, 0.1) is 6.61 Å². The third-order valence-corrected chi connectivity index (χ3v) is 2.49. The molecule has 2 heteroatoms. The standard InChI is InChI=1S/C14H27NO/c1-6-15(7-2)16-12-11-14(5)10-8-9-13(3)4/h9,11H,6-8,10,12H2,1-5H3. The first-order valence-electron chi connectivity index (χ1n) is 6.27. The van der Waals surface area contributed by atoms with Crippen LogP contribution in [0.5, 0.6) is 0 Å². The lowest BCUT2D eigenvalue weighted by Crippen LogP contribution is -2.23. The Balaban J connectivity index is 3.74. The van der Waals surface area contributed by atoms with Crippen molar-refractivity contribution >= 4 is 0 Å². The maximum atomic E-state index is 5.58. The Morgan fingerprint density at radius 3 is 2.19 bits per heavy atom. The van der Waals surface area contributed by atoms with Gasteiger partial charge in [0.1, 0.15) is 0 Å². The SMILES string of the molecule is CCN(CC)OCC=C(C)CCC=C(C)C. The van der Waals surface area contributed by atoms with Crippen LogP contribution in [0.4, 0.5) is 0 Å². The van der Waals surface area contributed by atoms with Gasteiger partial charge in [-0.1, -0.05) is 37.1 Å². The Hall–Kier alpha value is -0.600. The topological polar surface area (TPSA) is 12.5 Å². The summed E-state index contributed by atoms with van der Waals surface area (Å²) < 4.78 is 0. The quantitative estimate of drug-likeness (QED) is 0.458. The summed E-state index contributed by atoms with van der Waals surface area (Å²) in [6.45, 7) is 13.3. The van der Waals surface area contributed by atoms with Gasteiger partial charge in [0, 0.05) is 13.1 Å². The molecule has 0 rings (SSSR count). The van der Waals surface area contributed by atoms with Crippen LogP contribution >= 0.6 is 0 Å². The van der Waals surface area contributed by atoms with Gasteiger partial charge >= 0.3 is 0 Å². The first-order valence-corrected chi connectivity index (χ1v) is 6.27. The van der Waals surface area contributed by atoms with Crippen molar-refractivity contribution in [3.05, 3.63) is 23.3 Å². The maximum absolute atomic E-state index is 5.58. The van der Waals surface area contributed by atoms with Crippen molar-refractivity contribution in [2.75, 3.05) is 19.7 Å². The van der Waals surface area contributed by atoms with E-state index in [9.17, 15) is 0 Å². The predicted molar refractivity (Wildman–Crippen MR) is 71.3 cm³/mol. The highest BCUT2D eigenvalue weighted by atomic mass is 16.7. The molecular formula is C14H27NO. The molecule has 16 heavy (non-hydrogen) atoms. The summed E-state index contributed by atoms with van der Waals surface area (Å²) in [5.74, 6) is 0. The van der Waals surface area contributed by atoms with Crippen molar-refractivity contribution in [2.24, 2.45) is 0 Å². The average molecular weight is 225 g/mol. The molecule has 0 saturated carbocycles. The Morgan fingerprint density at radius 1 is 1.06 bits per heavy atom. The lowest BCUT2D eigenvalue weighted by atomic mass is 10.1. The van der Waals surface area contributed by atoms with Gasteiger partial charge in [0.2, 0.25) is 0 Å². The highest BCUT2D eigenvalue weighted by molar-refractivity contribution is 5.02. The van der Waals surface area contributed by atoms with Crippen LogP contribution in [0.25, 0.3) is 0 Å². The van der Waals surface area contributed by atoms with E-state index >= 15 is 0 Å². The maximum Gasteiger partial charge on any atom is 0.0869 e. The third-order valence-electron chi connectivity index (χ3n) is 2.49. The molecule has 0 aromatic rings. The van der Waals surface area contributed by atoms with Crippen molar-refractivity contribution < 1.29 is 4.84 Å². The van der Waals surface area contributed by atoms with E-state index in [0.717, 1.165) is 25.9 Å². The van der Waals surface area contributed by atoms with E-state index in [4.69, 9.17) is 4.84 Å². The Kier molecular flexibility index (Phi) is 9.25. The zero-order valence-corrected chi connectivity index (χ0v) is 11.5. The van der Waals surface area contributed by atoms with Crippen molar-refractivity contribution in [3.8, 4) is 0 Å². The average Bonchev–Trinajstić information content (AvgIpc) is 2.24. The Labute approximate surface area is 101 Å². The van der Waals surface area contributed by atoms with Crippen LogP contribution in [0.3, 0.4) is 0 Å². The number of hydrogen-bond donors (Lipinski definition) is 0. The Morgan fingerprint density at radius 2 is 1.69 bits per heavy atom. The molecule has 94 valence electrons. The molecular weight excluding hydrogens is 198 g/mol. The van der Waals surface area contributed by atoms with E-state index in [1.54, 1.807) is 0 Å². The zero-order chi connectivity index (χ0) is 12.4. The minimum atomic E-state index is 0.697. The summed E-state index contributed by atoms with van der Waals surface area (Å²) in [4.78, 5) is 5.58. The summed E-state index contributed by atoms with van der Waals surface area (Å²) in [6.07, 6.45) is 6.72. The van der Waals surface area contributed by atoms with E-state index in [1.165, 1.54) is 11.1 Å². The fourth-order valence-corrected chi connectivity index (χ4v) is 1.38. The van der Waals surface area contributed by atoms with Crippen LogP contribution in [0, 0.1) is 0 Å². The smallest absolute Gasteiger partial charge is 0.0869 e. The first kappa shape index (κ1) is 15.4. The number of hydroxylamine groups is 2. The molecule has 0 unspecified atom stereocenters. The van der Waals surface area contributed by atoms with E-state index in [2.05, 4.69) is 46.8 Å². The van der Waals surface area contributed by atoms with Gasteiger partial charge in [-0.2, -0.15) is 5.06 Å². The second kappa shape index (κ2) is 9.61. The second-order valence-corrected chi connectivity index (χ2v) is 4.28. The van der Waals surface area contributed by atoms with Crippen molar-refractivity contribution in [1.82, 2.24) is 5.06 Å². The predicted octanol–water partition coefficient (Wildman–Crippen LogP) is 3.95. The third kappa shape index (κ3) is 8.69. The highest BCUT2D eigenvalue weighted by Gasteiger charge is 1.96. The monoisotopic (exact) mass is 225 g/mol. The fraction of sp³-hybridized carbons (Fsp3) is 0.714. The summed E-state index contributed by atoms with van der Waals surface area (Å²) in [7, 11) is 0. The minimum absolute atomic E-state index is 0.697. The molecule has 0 aliphatic heterocycles. The molecule has 0 aliphatic rings. The van der Waals surface area contributed by atoms with Crippen molar-refractivity contribution in [2.45, 2.75) is 47.5 Å². The summed E-state index contributed by atoms with van der Waals surface area (Å²) in [5.41, 5.74) is 2.80. The number of rotatable bonds is 8.